The Hall–Kier alpha value is -4.11. The Morgan fingerprint density at radius 3 is 2.58 bits per heavy atom. The maximum atomic E-state index is 14.0. The first kappa shape index (κ1) is 23.6. The highest BCUT2D eigenvalue weighted by Gasteiger charge is 2.22. The molecule has 0 aliphatic heterocycles. The van der Waals surface area contributed by atoms with Crippen molar-refractivity contribution in [2.45, 2.75) is 26.4 Å². The molecule has 0 aliphatic carbocycles. The number of aromatic nitrogens is 5. The molecule has 0 bridgehead atoms. The van der Waals surface area contributed by atoms with Crippen LogP contribution < -0.4 is 5.32 Å². The lowest BCUT2D eigenvalue weighted by molar-refractivity contribution is -0.116. The minimum Gasteiger partial charge on any atom is -0.322 e. The van der Waals surface area contributed by atoms with E-state index in [0.29, 0.717) is 34.2 Å². The predicted molar refractivity (Wildman–Crippen MR) is 134 cm³/mol. The zero-order chi connectivity index (χ0) is 25.2. The number of alkyl halides is 2. The van der Waals surface area contributed by atoms with Crippen LogP contribution in [0.4, 0.5) is 14.5 Å². The molecule has 3 heterocycles. The van der Waals surface area contributed by atoms with Gasteiger partial charge < -0.3 is 5.32 Å². The van der Waals surface area contributed by atoms with Crippen molar-refractivity contribution in [1.82, 2.24) is 24.5 Å². The number of anilines is 1. The summed E-state index contributed by atoms with van der Waals surface area (Å²) < 4.78 is 30.9. The maximum Gasteiger partial charge on any atom is 0.264 e. The molecule has 0 radical (unpaired) electrons. The molecule has 2 aromatic carbocycles. The predicted octanol–water partition coefficient (Wildman–Crippen LogP) is 5.88. The number of nitrogens with zero attached hydrogens (tertiary/aromatic N) is 5. The first-order valence-electron chi connectivity index (χ1n) is 11.2. The van der Waals surface area contributed by atoms with Crippen molar-refractivity contribution in [3.05, 3.63) is 94.9 Å². The van der Waals surface area contributed by atoms with Crippen LogP contribution in [-0.2, 0) is 17.9 Å². The Morgan fingerprint density at radius 2 is 1.86 bits per heavy atom. The average molecular weight is 507 g/mol. The van der Waals surface area contributed by atoms with Gasteiger partial charge in [-0.15, -0.1) is 0 Å². The lowest BCUT2D eigenvalue weighted by atomic mass is 10.1. The topological polar surface area (TPSA) is 77.6 Å². The second kappa shape index (κ2) is 9.87. The Labute approximate surface area is 210 Å². The van der Waals surface area contributed by atoms with Gasteiger partial charge in [-0.3, -0.25) is 9.48 Å². The summed E-state index contributed by atoms with van der Waals surface area (Å²) in [5, 5.41) is 12.3. The molecule has 182 valence electrons. The molecule has 0 aliphatic rings. The normalized spacial score (nSPS) is 11.4. The minimum absolute atomic E-state index is 0.161. The van der Waals surface area contributed by atoms with Crippen molar-refractivity contribution in [1.29, 1.82) is 0 Å². The van der Waals surface area contributed by atoms with E-state index in [2.05, 4.69) is 20.5 Å². The van der Waals surface area contributed by atoms with Gasteiger partial charge >= 0.3 is 0 Å². The molecular weight excluding hydrogens is 486 g/mol. The van der Waals surface area contributed by atoms with Crippen LogP contribution in [-0.4, -0.2) is 30.5 Å². The SMILES string of the molecule is Cc1nn(CC(=O)Nc2cnn(Cc3ccc(Cl)cc3)c2)c2nc(-c3ccccc3)cc(C(F)F)c12. The summed E-state index contributed by atoms with van der Waals surface area (Å²) in [6.45, 7) is 1.95. The van der Waals surface area contributed by atoms with Gasteiger partial charge in [-0.2, -0.15) is 10.2 Å². The molecule has 7 nitrogen and oxygen atoms in total. The fraction of sp³-hybridized carbons (Fsp3) is 0.154. The summed E-state index contributed by atoms with van der Waals surface area (Å²) in [5.41, 5.74) is 3.07. The summed E-state index contributed by atoms with van der Waals surface area (Å²) in [7, 11) is 0. The van der Waals surface area contributed by atoms with Crippen molar-refractivity contribution >= 4 is 34.2 Å². The standard InChI is InChI=1S/C26H21ClF2N6O/c1-16-24-21(25(28)29)11-22(18-5-3-2-4-6-18)32-26(24)35(33-16)15-23(36)31-20-12-30-34(14-20)13-17-7-9-19(27)10-8-17/h2-12,14,25H,13,15H2,1H3,(H,31,36). The summed E-state index contributed by atoms with van der Waals surface area (Å²) in [4.78, 5) is 17.4. The van der Waals surface area contributed by atoms with Crippen LogP contribution in [0.5, 0.6) is 0 Å². The highest BCUT2D eigenvalue weighted by molar-refractivity contribution is 6.30. The third-order valence-corrected chi connectivity index (χ3v) is 5.93. The van der Waals surface area contributed by atoms with Gasteiger partial charge in [0.1, 0.15) is 6.54 Å². The Kier molecular flexibility index (Phi) is 6.47. The highest BCUT2D eigenvalue weighted by Crippen LogP contribution is 2.33. The number of nitrogens with one attached hydrogen (secondary N) is 1. The van der Waals surface area contributed by atoms with E-state index >= 15 is 0 Å². The largest absolute Gasteiger partial charge is 0.322 e. The van der Waals surface area contributed by atoms with Crippen LogP contribution in [0.15, 0.2) is 73.1 Å². The van der Waals surface area contributed by atoms with Gasteiger partial charge in [-0.05, 0) is 30.7 Å². The first-order valence-corrected chi connectivity index (χ1v) is 11.5. The molecule has 36 heavy (non-hydrogen) atoms. The zero-order valence-corrected chi connectivity index (χ0v) is 20.0. The fourth-order valence-corrected chi connectivity index (χ4v) is 4.18. The Balaban J connectivity index is 1.38. The van der Waals surface area contributed by atoms with Crippen molar-refractivity contribution in [3.8, 4) is 11.3 Å². The van der Waals surface area contributed by atoms with Crippen molar-refractivity contribution < 1.29 is 13.6 Å². The number of amides is 1. The Bertz CT molecular complexity index is 1530. The number of aryl methyl sites for hydroxylation is 1. The van der Waals surface area contributed by atoms with Crippen LogP contribution in [0.2, 0.25) is 5.02 Å². The molecule has 0 saturated heterocycles. The van der Waals surface area contributed by atoms with E-state index in [1.54, 1.807) is 48.3 Å². The molecule has 0 spiro atoms. The molecule has 1 amide bonds. The second-order valence-electron chi connectivity index (χ2n) is 8.31. The molecule has 0 fully saturated rings. The molecular formula is C26H21ClF2N6O. The van der Waals surface area contributed by atoms with E-state index < -0.39 is 6.43 Å². The first-order chi connectivity index (χ1) is 17.4. The minimum atomic E-state index is -2.71. The highest BCUT2D eigenvalue weighted by atomic mass is 35.5. The molecule has 1 N–H and O–H groups in total. The number of hydrogen-bond donors (Lipinski definition) is 1. The number of carbonyl (C=O) groups is 1. The molecule has 0 saturated carbocycles. The lowest BCUT2D eigenvalue weighted by Gasteiger charge is -2.09. The van der Waals surface area contributed by atoms with Crippen molar-refractivity contribution in [2.24, 2.45) is 0 Å². The van der Waals surface area contributed by atoms with E-state index in [9.17, 15) is 13.6 Å². The zero-order valence-electron chi connectivity index (χ0n) is 19.2. The van der Waals surface area contributed by atoms with E-state index in [-0.39, 0.29) is 29.0 Å². The van der Waals surface area contributed by atoms with Gasteiger partial charge in [-0.1, -0.05) is 54.1 Å². The monoisotopic (exact) mass is 506 g/mol. The number of rotatable bonds is 7. The van der Waals surface area contributed by atoms with Crippen molar-refractivity contribution in [3.63, 3.8) is 0 Å². The maximum absolute atomic E-state index is 14.0. The summed E-state index contributed by atoms with van der Waals surface area (Å²) >= 11 is 5.93. The molecule has 0 unspecified atom stereocenters. The quantitative estimate of drug-likeness (QED) is 0.299. The second-order valence-corrected chi connectivity index (χ2v) is 8.74. The number of carbonyl (C=O) groups excluding carboxylic acids is 1. The van der Waals surface area contributed by atoms with Crippen LogP contribution in [0.3, 0.4) is 0 Å². The molecule has 5 aromatic rings. The summed E-state index contributed by atoms with van der Waals surface area (Å²) in [5.74, 6) is -0.379. The molecule has 3 aromatic heterocycles. The Morgan fingerprint density at radius 1 is 1.11 bits per heavy atom. The van der Waals surface area contributed by atoms with Crippen LogP contribution >= 0.6 is 11.6 Å². The van der Waals surface area contributed by atoms with Crippen molar-refractivity contribution in [2.75, 3.05) is 5.32 Å². The third-order valence-electron chi connectivity index (χ3n) is 5.68. The smallest absolute Gasteiger partial charge is 0.264 e. The van der Waals surface area contributed by atoms with Crippen LogP contribution in [0, 0.1) is 6.92 Å². The van der Waals surface area contributed by atoms with E-state index in [1.165, 1.54) is 10.7 Å². The van der Waals surface area contributed by atoms with Gasteiger partial charge in [0.05, 0.1) is 35.2 Å². The van der Waals surface area contributed by atoms with Crippen LogP contribution in [0.1, 0.15) is 23.2 Å². The number of fused-ring (bicyclic) bond motifs is 1. The van der Waals surface area contributed by atoms with E-state index in [0.717, 1.165) is 5.56 Å². The number of pyridine rings is 1. The molecule has 10 heteroatoms. The third kappa shape index (κ3) is 4.96. The van der Waals surface area contributed by atoms with E-state index in [4.69, 9.17) is 11.6 Å². The summed E-state index contributed by atoms with van der Waals surface area (Å²) in [6.07, 6.45) is 0.537. The van der Waals surface area contributed by atoms with Gasteiger partial charge in [0.2, 0.25) is 5.91 Å². The van der Waals surface area contributed by atoms with E-state index in [1.807, 2.05) is 30.3 Å². The number of benzene rings is 2. The average Bonchev–Trinajstić information content (AvgIpc) is 3.43. The fourth-order valence-electron chi connectivity index (χ4n) is 4.05. The van der Waals surface area contributed by atoms with Gasteiger partial charge in [-0.25, -0.2) is 18.4 Å². The molecule has 5 rings (SSSR count). The summed E-state index contributed by atoms with van der Waals surface area (Å²) in [6, 6.07) is 17.8. The number of hydrogen-bond acceptors (Lipinski definition) is 4. The number of halogens is 3. The van der Waals surface area contributed by atoms with Gasteiger partial charge in [0.15, 0.2) is 5.65 Å². The van der Waals surface area contributed by atoms with Gasteiger partial charge in [0, 0.05) is 22.3 Å². The lowest BCUT2D eigenvalue weighted by Crippen LogP contribution is -2.19. The van der Waals surface area contributed by atoms with Crippen LogP contribution in [0.25, 0.3) is 22.3 Å². The molecule has 0 atom stereocenters. The van der Waals surface area contributed by atoms with Gasteiger partial charge in [0.25, 0.3) is 6.43 Å².